The van der Waals surface area contributed by atoms with Gasteiger partial charge in [0.1, 0.15) is 17.2 Å². The number of benzene rings is 1. The predicted molar refractivity (Wildman–Crippen MR) is 75.3 cm³/mol. The predicted octanol–water partition coefficient (Wildman–Crippen LogP) is 0.452. The largest absolute Gasteiger partial charge is 0.354 e. The zero-order valence-corrected chi connectivity index (χ0v) is 11.9. The second-order valence-electron chi connectivity index (χ2n) is 4.50. The monoisotopic (exact) mass is 319 g/mol. The molecule has 1 aliphatic heterocycles. The van der Waals surface area contributed by atoms with E-state index in [0.717, 1.165) is 12.1 Å². The van der Waals surface area contributed by atoms with Crippen LogP contribution in [0.15, 0.2) is 18.2 Å². The Morgan fingerprint density at radius 2 is 1.71 bits per heavy atom. The minimum atomic E-state index is -0.910. The Balaban J connectivity index is 0.00000220. The Morgan fingerprint density at radius 3 is 2.24 bits per heavy atom. The number of halogens is 3. The molecular weight excluding hydrogens is 304 g/mol. The lowest BCUT2D eigenvalue weighted by Gasteiger charge is -2.25. The van der Waals surface area contributed by atoms with Crippen molar-refractivity contribution < 1.29 is 18.4 Å². The van der Waals surface area contributed by atoms with Crippen LogP contribution < -0.4 is 16.0 Å². The fourth-order valence-corrected chi connectivity index (χ4v) is 1.78. The summed E-state index contributed by atoms with van der Waals surface area (Å²) in [5.41, 5.74) is -0.609. The van der Waals surface area contributed by atoms with Gasteiger partial charge in [-0.15, -0.1) is 12.4 Å². The van der Waals surface area contributed by atoms with Crippen molar-refractivity contribution >= 4 is 24.2 Å². The SMILES string of the molecule is Cl.O=C(NCCNC(=O)C1CNC1)c1c(F)cccc1F. The first-order valence-corrected chi connectivity index (χ1v) is 6.30. The standard InChI is InChI=1S/C13H15F2N3O2.ClH/c14-9-2-1-3-10(15)11(9)13(20)18-5-4-17-12(19)8-6-16-7-8;/h1-3,8,16H,4-7H2,(H,17,19)(H,18,20);1H. The summed E-state index contributed by atoms with van der Waals surface area (Å²) in [7, 11) is 0. The third kappa shape index (κ3) is 4.37. The number of nitrogens with one attached hydrogen (secondary N) is 3. The Bertz CT molecular complexity index is 504. The van der Waals surface area contributed by atoms with Crippen LogP contribution in [0.2, 0.25) is 0 Å². The van der Waals surface area contributed by atoms with E-state index in [9.17, 15) is 18.4 Å². The number of carbonyl (C=O) groups is 2. The fraction of sp³-hybridized carbons (Fsp3) is 0.385. The lowest BCUT2D eigenvalue weighted by atomic mass is 10.0. The highest BCUT2D eigenvalue weighted by Gasteiger charge is 2.24. The zero-order chi connectivity index (χ0) is 14.5. The summed E-state index contributed by atoms with van der Waals surface area (Å²) in [6.45, 7) is 1.63. The maximum atomic E-state index is 13.3. The zero-order valence-electron chi connectivity index (χ0n) is 11.1. The maximum Gasteiger partial charge on any atom is 0.257 e. The van der Waals surface area contributed by atoms with Gasteiger partial charge in [0.05, 0.1) is 5.92 Å². The number of carbonyl (C=O) groups excluding carboxylic acids is 2. The summed E-state index contributed by atoms with van der Waals surface area (Å²) in [6, 6.07) is 3.22. The van der Waals surface area contributed by atoms with Gasteiger partial charge >= 0.3 is 0 Å². The van der Waals surface area contributed by atoms with Crippen LogP contribution in [0.25, 0.3) is 0 Å². The van der Waals surface area contributed by atoms with Gasteiger partial charge in [0.2, 0.25) is 5.91 Å². The van der Waals surface area contributed by atoms with E-state index in [1.54, 1.807) is 0 Å². The van der Waals surface area contributed by atoms with E-state index >= 15 is 0 Å². The quantitative estimate of drug-likeness (QED) is 0.690. The minimum Gasteiger partial charge on any atom is -0.354 e. The molecule has 1 saturated heterocycles. The van der Waals surface area contributed by atoms with E-state index in [4.69, 9.17) is 0 Å². The average Bonchev–Trinajstić information content (AvgIpc) is 2.32. The minimum absolute atomic E-state index is 0. The molecule has 21 heavy (non-hydrogen) atoms. The Morgan fingerprint density at radius 1 is 1.14 bits per heavy atom. The molecular formula is C13H16ClF2N3O2. The van der Waals surface area contributed by atoms with Crippen LogP contribution in [0.3, 0.4) is 0 Å². The fourth-order valence-electron chi connectivity index (χ4n) is 1.78. The lowest BCUT2D eigenvalue weighted by Crippen LogP contribution is -2.51. The number of rotatable bonds is 5. The molecule has 3 N–H and O–H groups in total. The van der Waals surface area contributed by atoms with Gasteiger partial charge in [-0.3, -0.25) is 9.59 Å². The highest BCUT2D eigenvalue weighted by molar-refractivity contribution is 5.94. The van der Waals surface area contributed by atoms with E-state index in [1.165, 1.54) is 6.07 Å². The molecule has 5 nitrogen and oxygen atoms in total. The van der Waals surface area contributed by atoms with E-state index < -0.39 is 23.1 Å². The summed E-state index contributed by atoms with van der Waals surface area (Å²) in [4.78, 5) is 23.1. The van der Waals surface area contributed by atoms with E-state index in [-0.39, 0.29) is 37.3 Å². The van der Waals surface area contributed by atoms with E-state index in [0.29, 0.717) is 13.1 Å². The Kier molecular flexibility index (Phi) is 6.51. The lowest BCUT2D eigenvalue weighted by molar-refractivity contribution is -0.126. The molecule has 116 valence electrons. The van der Waals surface area contributed by atoms with Crippen LogP contribution in [0.5, 0.6) is 0 Å². The molecule has 0 aliphatic carbocycles. The third-order valence-corrected chi connectivity index (χ3v) is 3.05. The highest BCUT2D eigenvalue weighted by atomic mass is 35.5. The van der Waals surface area contributed by atoms with Gasteiger partial charge in [0, 0.05) is 26.2 Å². The molecule has 0 radical (unpaired) electrons. The van der Waals surface area contributed by atoms with Crippen molar-refractivity contribution in [3.63, 3.8) is 0 Å². The molecule has 1 fully saturated rings. The maximum absolute atomic E-state index is 13.3. The first kappa shape index (κ1) is 17.3. The molecule has 1 aliphatic rings. The summed E-state index contributed by atoms with van der Waals surface area (Å²) >= 11 is 0. The van der Waals surface area contributed by atoms with Gasteiger partial charge in [0.15, 0.2) is 0 Å². The van der Waals surface area contributed by atoms with Crippen LogP contribution in [-0.4, -0.2) is 38.0 Å². The first-order valence-electron chi connectivity index (χ1n) is 6.30. The summed E-state index contributed by atoms with van der Waals surface area (Å²) < 4.78 is 26.6. The van der Waals surface area contributed by atoms with Crippen LogP contribution in [0.1, 0.15) is 10.4 Å². The molecule has 0 atom stereocenters. The van der Waals surface area contributed by atoms with Crippen molar-refractivity contribution in [1.82, 2.24) is 16.0 Å². The molecule has 8 heteroatoms. The van der Waals surface area contributed by atoms with Gasteiger partial charge in [-0.05, 0) is 12.1 Å². The Hall–Kier alpha value is -1.73. The topological polar surface area (TPSA) is 70.2 Å². The molecule has 2 amide bonds. The number of hydrogen-bond donors (Lipinski definition) is 3. The average molecular weight is 320 g/mol. The van der Waals surface area contributed by atoms with Crippen LogP contribution >= 0.6 is 12.4 Å². The van der Waals surface area contributed by atoms with Crippen molar-refractivity contribution in [3.05, 3.63) is 35.4 Å². The third-order valence-electron chi connectivity index (χ3n) is 3.05. The van der Waals surface area contributed by atoms with Crippen molar-refractivity contribution in [2.75, 3.05) is 26.2 Å². The molecule has 1 heterocycles. The van der Waals surface area contributed by atoms with Crippen LogP contribution in [-0.2, 0) is 4.79 Å². The van der Waals surface area contributed by atoms with Gasteiger partial charge in [-0.2, -0.15) is 0 Å². The Labute approximate surface area is 126 Å². The highest BCUT2D eigenvalue weighted by Crippen LogP contribution is 2.11. The molecule has 2 rings (SSSR count). The summed E-state index contributed by atoms with van der Waals surface area (Å²) in [6.07, 6.45) is 0. The molecule has 1 aromatic rings. The van der Waals surface area contributed by atoms with Crippen molar-refractivity contribution in [3.8, 4) is 0 Å². The van der Waals surface area contributed by atoms with Gasteiger partial charge in [-0.25, -0.2) is 8.78 Å². The molecule has 0 aromatic heterocycles. The molecule has 0 bridgehead atoms. The smallest absolute Gasteiger partial charge is 0.257 e. The number of hydrogen-bond acceptors (Lipinski definition) is 3. The van der Waals surface area contributed by atoms with Crippen LogP contribution in [0, 0.1) is 17.6 Å². The molecule has 1 aromatic carbocycles. The second-order valence-corrected chi connectivity index (χ2v) is 4.50. The van der Waals surface area contributed by atoms with Gasteiger partial charge in [0.25, 0.3) is 5.91 Å². The number of amides is 2. The molecule has 0 spiro atoms. The summed E-state index contributed by atoms with van der Waals surface area (Å²) in [5, 5.41) is 7.97. The van der Waals surface area contributed by atoms with Crippen molar-refractivity contribution in [2.45, 2.75) is 0 Å². The van der Waals surface area contributed by atoms with E-state index in [1.807, 2.05) is 0 Å². The first-order chi connectivity index (χ1) is 9.59. The van der Waals surface area contributed by atoms with E-state index in [2.05, 4.69) is 16.0 Å². The summed E-state index contributed by atoms with van der Waals surface area (Å²) in [5.74, 6) is -2.77. The van der Waals surface area contributed by atoms with Crippen LogP contribution in [0.4, 0.5) is 8.78 Å². The molecule has 0 unspecified atom stereocenters. The second kappa shape index (κ2) is 7.90. The normalized spacial score (nSPS) is 13.8. The van der Waals surface area contributed by atoms with Crippen molar-refractivity contribution in [2.24, 2.45) is 5.92 Å². The van der Waals surface area contributed by atoms with Gasteiger partial charge < -0.3 is 16.0 Å². The molecule has 0 saturated carbocycles. The van der Waals surface area contributed by atoms with Crippen molar-refractivity contribution in [1.29, 1.82) is 0 Å². The van der Waals surface area contributed by atoms with Gasteiger partial charge in [-0.1, -0.05) is 6.07 Å².